The summed E-state index contributed by atoms with van der Waals surface area (Å²) in [5.74, 6) is 1.78. The molecular formula is C18H24N2O4. The maximum Gasteiger partial charge on any atom is 0.200 e. The number of methoxy groups -OCH3 is 2. The fraction of sp³-hybridized carbons (Fsp3) is 0.500. The van der Waals surface area contributed by atoms with Gasteiger partial charge in [-0.25, -0.2) is 0 Å². The van der Waals surface area contributed by atoms with Crippen molar-refractivity contribution in [1.29, 1.82) is 0 Å². The van der Waals surface area contributed by atoms with E-state index in [2.05, 4.69) is 10.1 Å². The lowest BCUT2D eigenvalue weighted by atomic mass is 10.0. The minimum absolute atomic E-state index is 0.0347. The number of aromatic nitrogens is 1. The quantitative estimate of drug-likeness (QED) is 0.905. The molecule has 130 valence electrons. The van der Waals surface area contributed by atoms with Crippen LogP contribution in [0.3, 0.4) is 0 Å². The minimum atomic E-state index is 0.0347. The van der Waals surface area contributed by atoms with E-state index >= 15 is 0 Å². The summed E-state index contributed by atoms with van der Waals surface area (Å²) in [6.45, 7) is 5.73. The van der Waals surface area contributed by atoms with E-state index in [0.717, 1.165) is 42.9 Å². The number of rotatable bonds is 5. The Kier molecular flexibility index (Phi) is 4.66. The highest BCUT2D eigenvalue weighted by Crippen LogP contribution is 2.40. The van der Waals surface area contributed by atoms with Gasteiger partial charge in [-0.1, -0.05) is 5.16 Å². The molecule has 6 heteroatoms. The molecule has 0 aliphatic carbocycles. The molecule has 0 bridgehead atoms. The summed E-state index contributed by atoms with van der Waals surface area (Å²) in [6, 6.07) is 4.03. The lowest BCUT2D eigenvalue weighted by Gasteiger charge is -2.25. The molecule has 1 unspecified atom stereocenters. The number of phenols is 1. The van der Waals surface area contributed by atoms with Gasteiger partial charge in [0.25, 0.3) is 0 Å². The minimum Gasteiger partial charge on any atom is -0.502 e. The van der Waals surface area contributed by atoms with Crippen LogP contribution in [0.25, 0.3) is 0 Å². The molecule has 6 nitrogen and oxygen atoms in total. The number of nitrogens with zero attached hydrogens (tertiary/aromatic N) is 2. The van der Waals surface area contributed by atoms with Crippen molar-refractivity contribution in [2.24, 2.45) is 0 Å². The first-order valence-corrected chi connectivity index (χ1v) is 8.15. The van der Waals surface area contributed by atoms with Gasteiger partial charge in [0, 0.05) is 18.2 Å². The zero-order chi connectivity index (χ0) is 17.3. The number of phenolic OH excluding ortho intramolecular Hbond substituents is 1. The molecule has 1 fully saturated rings. The van der Waals surface area contributed by atoms with E-state index in [1.165, 1.54) is 5.56 Å². The smallest absolute Gasteiger partial charge is 0.200 e. The van der Waals surface area contributed by atoms with E-state index < -0.39 is 0 Å². The average molecular weight is 332 g/mol. The number of aryl methyl sites for hydroxylation is 2. The van der Waals surface area contributed by atoms with Gasteiger partial charge in [-0.2, -0.15) is 0 Å². The molecule has 2 heterocycles. The van der Waals surface area contributed by atoms with Crippen LogP contribution in [0.2, 0.25) is 0 Å². The Balaban J connectivity index is 1.88. The molecule has 1 aliphatic rings. The number of benzene rings is 1. The van der Waals surface area contributed by atoms with E-state index in [1.807, 2.05) is 26.0 Å². The van der Waals surface area contributed by atoms with Crippen molar-refractivity contribution >= 4 is 0 Å². The van der Waals surface area contributed by atoms with Crippen molar-refractivity contribution in [2.45, 2.75) is 39.3 Å². The maximum absolute atomic E-state index is 10.1. The largest absolute Gasteiger partial charge is 0.502 e. The zero-order valence-corrected chi connectivity index (χ0v) is 14.6. The molecule has 1 aromatic carbocycles. The average Bonchev–Trinajstić information content (AvgIpc) is 3.15. The second kappa shape index (κ2) is 6.73. The Labute approximate surface area is 142 Å². The summed E-state index contributed by atoms with van der Waals surface area (Å²) >= 11 is 0. The molecule has 0 amide bonds. The molecule has 1 saturated heterocycles. The second-order valence-corrected chi connectivity index (χ2v) is 6.22. The first-order valence-electron chi connectivity index (χ1n) is 8.15. The van der Waals surface area contributed by atoms with Crippen LogP contribution in [0.4, 0.5) is 0 Å². The monoisotopic (exact) mass is 332 g/mol. The summed E-state index contributed by atoms with van der Waals surface area (Å²) in [5.41, 5.74) is 3.20. The third-order valence-electron chi connectivity index (χ3n) is 4.71. The standard InChI is InChI=1S/C18H24N2O4/c1-11-17(12(2)24-19-11)14-6-5-7-20(14)10-13-8-15(22-3)18(21)16(9-13)23-4/h8-9,14,21H,5-7,10H2,1-4H3. The molecule has 0 saturated carbocycles. The molecule has 3 rings (SSSR count). The summed E-state index contributed by atoms with van der Waals surface area (Å²) in [7, 11) is 3.08. The fourth-order valence-electron chi connectivity index (χ4n) is 3.58. The van der Waals surface area contributed by atoms with Crippen LogP contribution in [0, 0.1) is 13.8 Å². The Bertz CT molecular complexity index is 681. The fourth-order valence-corrected chi connectivity index (χ4v) is 3.58. The van der Waals surface area contributed by atoms with Gasteiger partial charge in [-0.05, 0) is 50.9 Å². The van der Waals surface area contributed by atoms with Crippen LogP contribution < -0.4 is 9.47 Å². The Morgan fingerprint density at radius 1 is 1.25 bits per heavy atom. The van der Waals surface area contributed by atoms with Crippen LogP contribution in [-0.4, -0.2) is 35.9 Å². The first-order chi connectivity index (χ1) is 11.5. The van der Waals surface area contributed by atoms with E-state index in [1.54, 1.807) is 14.2 Å². The third kappa shape index (κ3) is 2.94. The van der Waals surface area contributed by atoms with E-state index in [4.69, 9.17) is 14.0 Å². The van der Waals surface area contributed by atoms with E-state index in [9.17, 15) is 5.11 Å². The molecule has 1 aliphatic heterocycles. The van der Waals surface area contributed by atoms with Gasteiger partial charge in [-0.3, -0.25) is 4.90 Å². The van der Waals surface area contributed by atoms with Crippen LogP contribution in [0.1, 0.15) is 41.5 Å². The molecule has 2 aromatic rings. The van der Waals surface area contributed by atoms with Gasteiger partial charge in [0.05, 0.1) is 19.9 Å². The van der Waals surface area contributed by atoms with Crippen LogP contribution in [0.15, 0.2) is 16.7 Å². The predicted octanol–water partition coefficient (Wildman–Crippen LogP) is 3.35. The molecule has 0 spiro atoms. The summed E-state index contributed by atoms with van der Waals surface area (Å²) in [6.07, 6.45) is 2.23. The number of hydrogen-bond donors (Lipinski definition) is 1. The first kappa shape index (κ1) is 16.6. The Morgan fingerprint density at radius 3 is 2.46 bits per heavy atom. The topological polar surface area (TPSA) is 68.0 Å². The van der Waals surface area contributed by atoms with Crippen molar-refractivity contribution in [1.82, 2.24) is 10.1 Å². The van der Waals surface area contributed by atoms with E-state index in [-0.39, 0.29) is 5.75 Å². The zero-order valence-electron chi connectivity index (χ0n) is 14.6. The maximum atomic E-state index is 10.1. The van der Waals surface area contributed by atoms with Crippen molar-refractivity contribution in [2.75, 3.05) is 20.8 Å². The van der Waals surface area contributed by atoms with Gasteiger partial charge in [0.2, 0.25) is 5.75 Å². The van der Waals surface area contributed by atoms with Crippen molar-refractivity contribution in [3.8, 4) is 17.2 Å². The van der Waals surface area contributed by atoms with E-state index in [0.29, 0.717) is 17.5 Å². The normalized spacial score (nSPS) is 18.1. The van der Waals surface area contributed by atoms with Crippen molar-refractivity contribution in [3.05, 3.63) is 34.7 Å². The Hall–Kier alpha value is -2.21. The third-order valence-corrected chi connectivity index (χ3v) is 4.71. The highest BCUT2D eigenvalue weighted by molar-refractivity contribution is 5.52. The van der Waals surface area contributed by atoms with Gasteiger partial charge in [-0.15, -0.1) is 0 Å². The summed E-state index contributed by atoms with van der Waals surface area (Å²) in [5, 5.41) is 14.2. The predicted molar refractivity (Wildman–Crippen MR) is 89.6 cm³/mol. The van der Waals surface area contributed by atoms with Crippen molar-refractivity contribution in [3.63, 3.8) is 0 Å². The van der Waals surface area contributed by atoms with Gasteiger partial charge in [0.1, 0.15) is 5.76 Å². The van der Waals surface area contributed by atoms with Crippen LogP contribution in [-0.2, 0) is 6.54 Å². The summed E-state index contributed by atoms with van der Waals surface area (Å²) in [4.78, 5) is 2.41. The van der Waals surface area contributed by atoms with Crippen LogP contribution in [0.5, 0.6) is 17.2 Å². The lowest BCUT2D eigenvalue weighted by molar-refractivity contribution is 0.244. The lowest BCUT2D eigenvalue weighted by Crippen LogP contribution is -2.23. The second-order valence-electron chi connectivity index (χ2n) is 6.22. The highest BCUT2D eigenvalue weighted by Gasteiger charge is 2.31. The number of aromatic hydroxyl groups is 1. The molecule has 1 atom stereocenters. The van der Waals surface area contributed by atoms with Gasteiger partial charge < -0.3 is 19.1 Å². The Morgan fingerprint density at radius 2 is 1.92 bits per heavy atom. The summed E-state index contributed by atoms with van der Waals surface area (Å²) < 4.78 is 15.9. The molecule has 1 N–H and O–H groups in total. The van der Waals surface area contributed by atoms with Gasteiger partial charge in [0.15, 0.2) is 11.5 Å². The highest BCUT2D eigenvalue weighted by atomic mass is 16.5. The number of likely N-dealkylation sites (tertiary alicyclic amines) is 1. The van der Waals surface area contributed by atoms with Crippen molar-refractivity contribution < 1.29 is 19.1 Å². The molecule has 24 heavy (non-hydrogen) atoms. The molecular weight excluding hydrogens is 308 g/mol. The number of ether oxygens (including phenoxy) is 2. The molecule has 1 aromatic heterocycles. The SMILES string of the molecule is COc1cc(CN2CCCC2c2c(C)noc2C)cc(OC)c1O. The molecule has 0 radical (unpaired) electrons. The van der Waals surface area contributed by atoms with Gasteiger partial charge >= 0.3 is 0 Å². The van der Waals surface area contributed by atoms with Crippen LogP contribution >= 0.6 is 0 Å². The number of hydrogen-bond acceptors (Lipinski definition) is 6.